The third-order valence-electron chi connectivity index (χ3n) is 5.30. The molecule has 1 aromatic carbocycles. The molecule has 25 heavy (non-hydrogen) atoms. The van der Waals surface area contributed by atoms with Crippen LogP contribution >= 0.6 is 0 Å². The first-order valence-electron chi connectivity index (χ1n) is 8.57. The van der Waals surface area contributed by atoms with E-state index in [9.17, 15) is 4.79 Å². The first-order chi connectivity index (χ1) is 12.2. The number of aromatic nitrogens is 4. The molecule has 4 rings (SSSR count). The van der Waals surface area contributed by atoms with Crippen molar-refractivity contribution in [2.45, 2.75) is 37.6 Å². The van der Waals surface area contributed by atoms with Gasteiger partial charge in [0.2, 0.25) is 5.82 Å². The highest BCUT2D eigenvalue weighted by Gasteiger charge is 2.47. The first kappa shape index (κ1) is 15.9. The highest BCUT2D eigenvalue weighted by Crippen LogP contribution is 2.45. The second kappa shape index (κ2) is 6.34. The number of methoxy groups -OCH3 is 1. The van der Waals surface area contributed by atoms with E-state index < -0.39 is 0 Å². The van der Waals surface area contributed by atoms with E-state index >= 15 is 0 Å². The molecule has 1 saturated heterocycles. The number of ether oxygens (including phenoxy) is 2. The maximum Gasteiger partial charge on any atom is 0.260 e. The van der Waals surface area contributed by atoms with Crippen molar-refractivity contribution in [1.29, 1.82) is 0 Å². The zero-order chi connectivity index (χ0) is 17.3. The summed E-state index contributed by atoms with van der Waals surface area (Å²) in [5, 5.41) is 13.9. The topological polar surface area (TPSA) is 93.2 Å². The van der Waals surface area contributed by atoms with Crippen LogP contribution in [0.5, 0.6) is 11.5 Å². The standard InChI is InChI=1S/C17H21N5O3/c1-24-14-10-12(16-18-20-21-19-16)4-5-13(14)25-11-15(23)22-9-3-8-17(22)6-2-7-17/h4-5,10H,2-3,6-9,11H2,1H3,(H,18,19,20,21). The fraction of sp³-hybridized carbons (Fsp3) is 0.529. The maximum atomic E-state index is 12.6. The minimum Gasteiger partial charge on any atom is -0.493 e. The molecular weight excluding hydrogens is 322 g/mol. The second-order valence-corrected chi connectivity index (χ2v) is 6.62. The van der Waals surface area contributed by atoms with E-state index in [1.54, 1.807) is 19.2 Å². The number of likely N-dealkylation sites (tertiary alicyclic amines) is 1. The summed E-state index contributed by atoms with van der Waals surface area (Å²) in [6.07, 6.45) is 5.69. The van der Waals surface area contributed by atoms with E-state index in [0.717, 1.165) is 37.8 Å². The van der Waals surface area contributed by atoms with Gasteiger partial charge in [-0.15, -0.1) is 10.2 Å². The predicted molar refractivity (Wildman–Crippen MR) is 89.2 cm³/mol. The summed E-state index contributed by atoms with van der Waals surface area (Å²) in [6.45, 7) is 0.871. The molecule has 8 heteroatoms. The minimum atomic E-state index is 0.0274. The molecule has 132 valence electrons. The Morgan fingerprint density at radius 3 is 2.80 bits per heavy atom. The fourth-order valence-corrected chi connectivity index (χ4v) is 3.86. The lowest BCUT2D eigenvalue weighted by Crippen LogP contribution is -2.53. The van der Waals surface area contributed by atoms with Crippen LogP contribution in [-0.2, 0) is 4.79 Å². The quantitative estimate of drug-likeness (QED) is 0.890. The van der Waals surface area contributed by atoms with Crippen molar-refractivity contribution in [2.75, 3.05) is 20.3 Å². The Morgan fingerprint density at radius 1 is 1.28 bits per heavy atom. The third-order valence-corrected chi connectivity index (χ3v) is 5.30. The van der Waals surface area contributed by atoms with Crippen molar-refractivity contribution in [3.05, 3.63) is 18.2 Å². The zero-order valence-electron chi connectivity index (χ0n) is 14.2. The highest BCUT2D eigenvalue weighted by atomic mass is 16.5. The Morgan fingerprint density at radius 2 is 2.12 bits per heavy atom. The summed E-state index contributed by atoms with van der Waals surface area (Å²) >= 11 is 0. The molecule has 2 fully saturated rings. The van der Waals surface area contributed by atoms with Crippen LogP contribution in [0.3, 0.4) is 0 Å². The van der Waals surface area contributed by atoms with Gasteiger partial charge in [-0.1, -0.05) is 0 Å². The number of nitrogens with one attached hydrogen (secondary N) is 1. The zero-order valence-corrected chi connectivity index (χ0v) is 14.2. The molecule has 2 aromatic rings. The van der Waals surface area contributed by atoms with Gasteiger partial charge < -0.3 is 14.4 Å². The van der Waals surface area contributed by atoms with Crippen LogP contribution in [0.4, 0.5) is 0 Å². The maximum absolute atomic E-state index is 12.6. The Bertz CT molecular complexity index is 758. The summed E-state index contributed by atoms with van der Waals surface area (Å²) < 4.78 is 11.1. The van der Waals surface area contributed by atoms with Gasteiger partial charge in [0, 0.05) is 17.6 Å². The predicted octanol–water partition coefficient (Wildman–Crippen LogP) is 1.80. The number of tetrazole rings is 1. The van der Waals surface area contributed by atoms with Crippen LogP contribution in [0.15, 0.2) is 18.2 Å². The molecule has 8 nitrogen and oxygen atoms in total. The van der Waals surface area contributed by atoms with Gasteiger partial charge in [0.15, 0.2) is 18.1 Å². The average molecular weight is 343 g/mol. The van der Waals surface area contributed by atoms with Crippen molar-refractivity contribution in [3.63, 3.8) is 0 Å². The van der Waals surface area contributed by atoms with E-state index in [-0.39, 0.29) is 18.1 Å². The number of carbonyl (C=O) groups excluding carboxylic acids is 1. The van der Waals surface area contributed by atoms with Crippen LogP contribution < -0.4 is 9.47 Å². The summed E-state index contributed by atoms with van der Waals surface area (Å²) in [4.78, 5) is 14.6. The lowest BCUT2D eigenvalue weighted by atomic mass is 9.75. The second-order valence-electron chi connectivity index (χ2n) is 6.62. The Kier molecular flexibility index (Phi) is 4.03. The van der Waals surface area contributed by atoms with Gasteiger partial charge in [-0.05, 0) is 55.5 Å². The number of H-pyrrole nitrogens is 1. The van der Waals surface area contributed by atoms with Gasteiger partial charge in [-0.2, -0.15) is 5.21 Å². The van der Waals surface area contributed by atoms with E-state index in [0.29, 0.717) is 17.3 Å². The number of rotatable bonds is 5. The molecule has 1 amide bonds. The third kappa shape index (κ3) is 2.81. The van der Waals surface area contributed by atoms with Crippen molar-refractivity contribution in [3.8, 4) is 22.9 Å². The van der Waals surface area contributed by atoms with Crippen LogP contribution in [0.25, 0.3) is 11.4 Å². The van der Waals surface area contributed by atoms with E-state index in [4.69, 9.17) is 9.47 Å². The number of benzene rings is 1. The molecule has 2 aliphatic rings. The lowest BCUT2D eigenvalue weighted by molar-refractivity contribution is -0.140. The van der Waals surface area contributed by atoms with Crippen LogP contribution in [0, 0.1) is 0 Å². The van der Waals surface area contributed by atoms with Crippen molar-refractivity contribution >= 4 is 5.91 Å². The Labute approximate surface area is 145 Å². The van der Waals surface area contributed by atoms with E-state index in [2.05, 4.69) is 20.6 Å². The normalized spacial score (nSPS) is 18.2. The van der Waals surface area contributed by atoms with Crippen LogP contribution in [0.1, 0.15) is 32.1 Å². The van der Waals surface area contributed by atoms with Gasteiger partial charge in [0.25, 0.3) is 5.91 Å². The highest BCUT2D eigenvalue weighted by molar-refractivity contribution is 5.79. The molecule has 1 saturated carbocycles. The van der Waals surface area contributed by atoms with Crippen LogP contribution in [0.2, 0.25) is 0 Å². The van der Waals surface area contributed by atoms with Gasteiger partial charge in [0.1, 0.15) is 0 Å². The van der Waals surface area contributed by atoms with Crippen LogP contribution in [-0.4, -0.2) is 57.2 Å². The van der Waals surface area contributed by atoms with Gasteiger partial charge in [-0.3, -0.25) is 4.79 Å². The fourth-order valence-electron chi connectivity index (χ4n) is 3.86. The minimum absolute atomic E-state index is 0.0274. The monoisotopic (exact) mass is 343 g/mol. The lowest BCUT2D eigenvalue weighted by Gasteiger charge is -2.45. The molecule has 1 aromatic heterocycles. The molecule has 0 radical (unpaired) electrons. The number of hydrogen-bond donors (Lipinski definition) is 1. The average Bonchev–Trinajstić information content (AvgIpc) is 3.28. The molecule has 1 N–H and O–H groups in total. The molecule has 0 unspecified atom stereocenters. The largest absolute Gasteiger partial charge is 0.493 e. The number of aromatic amines is 1. The summed E-state index contributed by atoms with van der Waals surface area (Å²) in [6, 6.07) is 5.35. The molecule has 0 atom stereocenters. The Hall–Kier alpha value is -2.64. The summed E-state index contributed by atoms with van der Waals surface area (Å²) in [5.74, 6) is 1.60. The number of amides is 1. The first-order valence-corrected chi connectivity index (χ1v) is 8.57. The van der Waals surface area contributed by atoms with E-state index in [1.165, 1.54) is 6.42 Å². The summed E-state index contributed by atoms with van der Waals surface area (Å²) in [5.41, 5.74) is 0.879. The van der Waals surface area contributed by atoms with Crippen molar-refractivity contribution < 1.29 is 14.3 Å². The summed E-state index contributed by atoms with van der Waals surface area (Å²) in [7, 11) is 1.56. The van der Waals surface area contributed by atoms with Crippen molar-refractivity contribution in [1.82, 2.24) is 25.5 Å². The van der Waals surface area contributed by atoms with Gasteiger partial charge >= 0.3 is 0 Å². The molecule has 2 heterocycles. The molecule has 1 spiro atoms. The van der Waals surface area contributed by atoms with E-state index in [1.807, 2.05) is 11.0 Å². The molecule has 0 bridgehead atoms. The number of hydrogen-bond acceptors (Lipinski definition) is 6. The molecular formula is C17H21N5O3. The Balaban J connectivity index is 1.45. The number of nitrogens with zero attached hydrogens (tertiary/aromatic N) is 4. The molecule has 1 aliphatic heterocycles. The number of carbonyl (C=O) groups is 1. The van der Waals surface area contributed by atoms with Crippen molar-refractivity contribution in [2.24, 2.45) is 0 Å². The van der Waals surface area contributed by atoms with Gasteiger partial charge in [0.05, 0.1) is 7.11 Å². The van der Waals surface area contributed by atoms with Gasteiger partial charge in [-0.25, -0.2) is 0 Å². The smallest absolute Gasteiger partial charge is 0.260 e. The SMILES string of the molecule is COc1cc(-c2nn[nH]n2)ccc1OCC(=O)N1CCCC12CCC2. The molecule has 1 aliphatic carbocycles.